The molecule has 4 amide bonds. The minimum absolute atomic E-state index is 0.362. The molecule has 0 spiro atoms. The lowest BCUT2D eigenvalue weighted by Gasteiger charge is -2.31. The van der Waals surface area contributed by atoms with Gasteiger partial charge in [0.1, 0.15) is 0 Å². The van der Waals surface area contributed by atoms with Crippen LogP contribution in [0.5, 0.6) is 34.5 Å². The maximum absolute atomic E-state index is 15.4. The molecule has 2 aliphatic heterocycles. The summed E-state index contributed by atoms with van der Waals surface area (Å²) in [4.78, 5) is 64.2. The molecular formula is C84H114N2O10. The quantitative estimate of drug-likeness (QED) is 0.0157. The van der Waals surface area contributed by atoms with Gasteiger partial charge in [0.2, 0.25) is 11.5 Å². The van der Waals surface area contributed by atoms with Crippen molar-refractivity contribution < 1.29 is 47.6 Å². The van der Waals surface area contributed by atoms with Crippen LogP contribution >= 0.6 is 0 Å². The zero-order valence-electron chi connectivity index (χ0n) is 59.6. The number of amides is 4. The molecule has 520 valence electrons. The molecule has 12 heteroatoms. The summed E-state index contributed by atoms with van der Waals surface area (Å²) in [6.45, 7) is 16.2. The molecule has 0 N–H and O–H groups in total. The van der Waals surface area contributed by atoms with E-state index in [9.17, 15) is 0 Å². The van der Waals surface area contributed by atoms with Crippen molar-refractivity contribution in [1.82, 2.24) is 0 Å². The number of hydrogen-bond acceptors (Lipinski definition) is 10. The largest absolute Gasteiger partial charge is 0.489 e. The molecule has 12 nitrogen and oxygen atoms in total. The first-order valence-corrected chi connectivity index (χ1v) is 38.3. The lowest BCUT2D eigenvalue weighted by atomic mass is 9.82. The van der Waals surface area contributed by atoms with Gasteiger partial charge in [-0.2, -0.15) is 0 Å². The van der Waals surface area contributed by atoms with Gasteiger partial charge in [0.15, 0.2) is 23.0 Å². The standard InChI is InChI=1S/C84H114N2O10/c1-7-13-19-25-31-37-51-91-71-57-61(58-72(92-52-38-32-26-20-14-8-2)79(71)95-55-41-35-29-23-17-11-5)85-81(87)67-47-43-63-65-45-49-69-78-70(50-46-66(76(65)78)64-44-48-68(82(85)88)77(67)75(63)64)84(90)86(83(69)89)62-59-73(93-53-39-33-27-21-15-9-3)80(96-56-42-36-30-24-18-12-6)74(60-62)94-54-40-34-28-22-16-10-4/h43-50,57-60H,7-42,51-56H2,1-6H3. The predicted molar refractivity (Wildman–Crippen MR) is 396 cm³/mol. The average Bonchev–Trinajstić information content (AvgIpc) is 0.691. The van der Waals surface area contributed by atoms with Crippen LogP contribution in [-0.2, 0) is 0 Å². The molecule has 0 unspecified atom stereocenters. The number of rotatable bonds is 50. The fraction of sp³-hybridized carbons (Fsp3) is 0.571. The van der Waals surface area contributed by atoms with Gasteiger partial charge in [-0.15, -0.1) is 0 Å². The third-order valence-electron chi connectivity index (χ3n) is 19.7. The molecule has 9 rings (SSSR count). The Bertz CT molecular complexity index is 3190. The molecule has 2 aliphatic rings. The zero-order valence-corrected chi connectivity index (χ0v) is 59.6. The molecule has 0 saturated carbocycles. The third kappa shape index (κ3) is 18.4. The van der Waals surface area contributed by atoms with E-state index in [4.69, 9.17) is 28.4 Å². The van der Waals surface area contributed by atoms with E-state index in [1.54, 1.807) is 24.3 Å². The Morgan fingerprint density at radius 2 is 0.438 bits per heavy atom. The van der Waals surface area contributed by atoms with Crippen molar-refractivity contribution in [2.24, 2.45) is 0 Å². The molecule has 7 aromatic rings. The number of anilines is 2. The average molecular weight is 1310 g/mol. The first-order chi connectivity index (χ1) is 47.2. The predicted octanol–water partition coefficient (Wildman–Crippen LogP) is 23.8. The van der Waals surface area contributed by atoms with Gasteiger partial charge in [0, 0.05) is 57.3 Å². The van der Waals surface area contributed by atoms with Crippen molar-refractivity contribution in [1.29, 1.82) is 0 Å². The molecule has 2 heterocycles. The van der Waals surface area contributed by atoms with Gasteiger partial charge in [-0.3, -0.25) is 19.2 Å². The van der Waals surface area contributed by atoms with E-state index < -0.39 is 23.6 Å². The Hall–Kier alpha value is -7.08. The van der Waals surface area contributed by atoms with Crippen LogP contribution in [0.4, 0.5) is 11.4 Å². The van der Waals surface area contributed by atoms with E-state index in [1.807, 2.05) is 48.5 Å². The second-order valence-electron chi connectivity index (χ2n) is 27.3. The molecule has 0 fully saturated rings. The summed E-state index contributed by atoms with van der Waals surface area (Å²) in [5, 5.41) is 5.98. The maximum atomic E-state index is 15.4. The lowest BCUT2D eigenvalue weighted by molar-refractivity contribution is 0.0877. The van der Waals surface area contributed by atoms with Crippen molar-refractivity contribution in [3.8, 4) is 34.5 Å². The van der Waals surface area contributed by atoms with Gasteiger partial charge in [-0.05, 0) is 95.1 Å². The summed E-state index contributed by atoms with van der Waals surface area (Å²) >= 11 is 0. The highest BCUT2D eigenvalue weighted by molar-refractivity contribution is 6.45. The summed E-state index contributed by atoms with van der Waals surface area (Å²) < 4.78 is 40.0. The number of imide groups is 2. The van der Waals surface area contributed by atoms with Gasteiger partial charge in [0.05, 0.1) is 51.0 Å². The maximum Gasteiger partial charge on any atom is 0.265 e. The van der Waals surface area contributed by atoms with Crippen molar-refractivity contribution in [2.75, 3.05) is 49.4 Å². The molecule has 0 bridgehead atoms. The van der Waals surface area contributed by atoms with Crippen LogP contribution in [0.15, 0.2) is 72.8 Å². The highest BCUT2D eigenvalue weighted by Crippen LogP contribution is 2.50. The Balaban J connectivity index is 1.06. The molecule has 0 aromatic heterocycles. The number of carbonyl (C=O) groups is 4. The van der Waals surface area contributed by atoms with Crippen LogP contribution in [0.25, 0.3) is 43.1 Å². The van der Waals surface area contributed by atoms with Crippen LogP contribution in [-0.4, -0.2) is 63.3 Å². The summed E-state index contributed by atoms with van der Waals surface area (Å²) in [5.74, 6) is 1.12. The SMILES string of the molecule is CCCCCCCCOc1cc(N2C(=O)c3ccc4c5ccc6c7c(ccc(c8ccc(c3c48)C2=O)c75)C(=O)N(c2cc(OCCCCCCCC)c(OCCCCCCCC)c(OCCCCCCCC)c2)C6=O)cc(OCCCCCCCC)c1OCCCCCCCC. The highest BCUT2D eigenvalue weighted by Gasteiger charge is 2.39. The first kappa shape index (κ1) is 73.2. The van der Waals surface area contributed by atoms with E-state index in [2.05, 4.69) is 41.5 Å². The Kier molecular flexibility index (Phi) is 29.5. The molecule has 0 atom stereocenters. The molecule has 0 saturated heterocycles. The van der Waals surface area contributed by atoms with Gasteiger partial charge in [-0.25, -0.2) is 9.80 Å². The van der Waals surface area contributed by atoms with Crippen LogP contribution in [0.2, 0.25) is 0 Å². The number of fused-ring (bicyclic) bond motifs is 2. The summed E-state index contributed by atoms with van der Waals surface area (Å²) in [6, 6.07) is 22.3. The van der Waals surface area contributed by atoms with E-state index in [0.29, 0.717) is 119 Å². The number of unbranched alkanes of at least 4 members (excludes halogenated alkanes) is 30. The smallest absolute Gasteiger partial charge is 0.265 e. The summed E-state index contributed by atoms with van der Waals surface area (Å²) in [5.41, 5.74) is 2.33. The van der Waals surface area contributed by atoms with E-state index >= 15 is 19.2 Å². The Labute approximate surface area is 574 Å². The van der Waals surface area contributed by atoms with Gasteiger partial charge < -0.3 is 28.4 Å². The zero-order chi connectivity index (χ0) is 67.4. The van der Waals surface area contributed by atoms with E-state index in [-0.39, 0.29) is 0 Å². The lowest BCUT2D eigenvalue weighted by Crippen LogP contribution is -2.40. The van der Waals surface area contributed by atoms with E-state index in [0.717, 1.165) is 148 Å². The molecule has 0 radical (unpaired) electrons. The third-order valence-corrected chi connectivity index (χ3v) is 19.7. The van der Waals surface area contributed by atoms with Gasteiger partial charge in [0.25, 0.3) is 23.6 Å². The van der Waals surface area contributed by atoms with Crippen LogP contribution in [0.1, 0.15) is 314 Å². The van der Waals surface area contributed by atoms with Crippen LogP contribution in [0.3, 0.4) is 0 Å². The minimum Gasteiger partial charge on any atom is -0.489 e. The molecule has 7 aromatic carbocycles. The van der Waals surface area contributed by atoms with Gasteiger partial charge >= 0.3 is 0 Å². The first-order valence-electron chi connectivity index (χ1n) is 38.3. The number of nitrogens with zero attached hydrogens (tertiary/aromatic N) is 2. The van der Waals surface area contributed by atoms with Crippen molar-refractivity contribution in [2.45, 2.75) is 273 Å². The second kappa shape index (κ2) is 38.8. The second-order valence-corrected chi connectivity index (χ2v) is 27.3. The monoisotopic (exact) mass is 1310 g/mol. The molecule has 96 heavy (non-hydrogen) atoms. The Morgan fingerprint density at radius 1 is 0.240 bits per heavy atom. The molecular weight excluding hydrogens is 1200 g/mol. The van der Waals surface area contributed by atoms with Crippen molar-refractivity contribution >= 4 is 78.1 Å². The number of benzene rings is 7. The Morgan fingerprint density at radius 3 is 0.656 bits per heavy atom. The highest BCUT2D eigenvalue weighted by atomic mass is 16.5. The minimum atomic E-state index is -0.447. The fourth-order valence-electron chi connectivity index (χ4n) is 14.2. The fourth-order valence-corrected chi connectivity index (χ4v) is 14.2. The molecule has 0 aliphatic carbocycles. The number of hydrogen-bond donors (Lipinski definition) is 0. The number of ether oxygens (including phenoxy) is 6. The summed E-state index contributed by atoms with van der Waals surface area (Å²) in [6.07, 6.45) is 39.9. The number of carbonyl (C=O) groups excluding carboxylic acids is 4. The normalized spacial score (nSPS) is 13.0. The van der Waals surface area contributed by atoms with Crippen molar-refractivity contribution in [3.63, 3.8) is 0 Å². The topological polar surface area (TPSA) is 130 Å². The van der Waals surface area contributed by atoms with E-state index in [1.165, 1.54) is 125 Å². The van der Waals surface area contributed by atoms with Gasteiger partial charge in [-0.1, -0.05) is 258 Å². The van der Waals surface area contributed by atoms with Crippen LogP contribution < -0.4 is 38.2 Å². The van der Waals surface area contributed by atoms with Crippen molar-refractivity contribution in [3.05, 3.63) is 95.1 Å². The van der Waals surface area contributed by atoms with Crippen LogP contribution in [0, 0.1) is 0 Å². The summed E-state index contributed by atoms with van der Waals surface area (Å²) in [7, 11) is 0.